The van der Waals surface area contributed by atoms with Crippen LogP contribution in [-0.2, 0) is 11.2 Å². The molecule has 0 aliphatic carbocycles. The number of hydrogen-bond donors (Lipinski definition) is 3. The van der Waals surface area contributed by atoms with Crippen molar-refractivity contribution in [3.8, 4) is 11.3 Å². The van der Waals surface area contributed by atoms with Gasteiger partial charge in [0.2, 0.25) is 0 Å². The van der Waals surface area contributed by atoms with Crippen molar-refractivity contribution in [3.05, 3.63) is 78.2 Å². The molecule has 0 bridgehead atoms. The van der Waals surface area contributed by atoms with Crippen LogP contribution < -0.4 is 10.6 Å². The minimum absolute atomic E-state index is 0.0152. The second-order valence-corrected chi connectivity index (χ2v) is 8.37. The zero-order valence-corrected chi connectivity index (χ0v) is 20.4. The number of benzene rings is 2. The number of nitrogens with one attached hydrogen (secondary N) is 2. The predicted molar refractivity (Wildman–Crippen MR) is 140 cm³/mol. The summed E-state index contributed by atoms with van der Waals surface area (Å²) in [6, 6.07) is 14.6. The molecule has 0 aliphatic heterocycles. The maximum Gasteiger partial charge on any atom is 0.307 e. The molecule has 2 aromatic heterocycles. The van der Waals surface area contributed by atoms with Crippen LogP contribution in [0.3, 0.4) is 0 Å². The SMILES string of the molecule is CCN(CC)CCNC(=O)c1ccc(Nc2ncc(-c3ccc(CC(=O)O)cc3)n3ccnc23)cc1. The van der Waals surface area contributed by atoms with E-state index < -0.39 is 5.97 Å². The van der Waals surface area contributed by atoms with Crippen molar-refractivity contribution in [2.45, 2.75) is 20.3 Å². The van der Waals surface area contributed by atoms with Crippen LogP contribution in [0.15, 0.2) is 67.1 Å². The molecule has 0 fully saturated rings. The van der Waals surface area contributed by atoms with E-state index in [1.165, 1.54) is 0 Å². The van der Waals surface area contributed by atoms with E-state index in [9.17, 15) is 9.59 Å². The summed E-state index contributed by atoms with van der Waals surface area (Å²) in [5.41, 5.74) is 4.52. The summed E-state index contributed by atoms with van der Waals surface area (Å²) in [4.78, 5) is 34.7. The van der Waals surface area contributed by atoms with Crippen molar-refractivity contribution in [2.24, 2.45) is 0 Å². The van der Waals surface area contributed by atoms with E-state index in [-0.39, 0.29) is 12.3 Å². The average Bonchev–Trinajstić information content (AvgIpc) is 3.38. The van der Waals surface area contributed by atoms with Gasteiger partial charge in [0.1, 0.15) is 0 Å². The van der Waals surface area contributed by atoms with Crippen LogP contribution >= 0.6 is 0 Å². The van der Waals surface area contributed by atoms with Crippen LogP contribution in [0.1, 0.15) is 29.8 Å². The third-order valence-electron chi connectivity index (χ3n) is 6.05. The number of rotatable bonds is 11. The number of carbonyl (C=O) groups is 2. The molecule has 0 unspecified atom stereocenters. The number of carboxylic acid groups (broad SMARTS) is 1. The molecule has 2 heterocycles. The van der Waals surface area contributed by atoms with Gasteiger partial charge in [-0.2, -0.15) is 0 Å². The molecule has 1 amide bonds. The van der Waals surface area contributed by atoms with Crippen molar-refractivity contribution in [3.63, 3.8) is 0 Å². The minimum Gasteiger partial charge on any atom is -0.481 e. The Hall–Kier alpha value is -4.24. The normalized spacial score (nSPS) is 11.1. The van der Waals surface area contributed by atoms with Crippen LogP contribution in [0.2, 0.25) is 0 Å². The molecule has 2 aromatic carbocycles. The van der Waals surface area contributed by atoms with Gasteiger partial charge in [0.15, 0.2) is 11.5 Å². The Balaban J connectivity index is 1.45. The molecule has 0 aliphatic rings. The van der Waals surface area contributed by atoms with E-state index in [1.807, 2.05) is 34.9 Å². The first-order valence-electron chi connectivity index (χ1n) is 12.0. The van der Waals surface area contributed by atoms with E-state index >= 15 is 0 Å². The standard InChI is InChI=1S/C27H30N6O3/c1-3-32(4-2)15-13-29-27(36)21-9-11-22(12-10-21)31-25-26-28-14-16-33(26)23(18-30-25)20-7-5-19(6-8-20)17-24(34)35/h5-12,14,16,18H,3-4,13,15,17H2,1-2H3,(H,29,36)(H,30,31)(H,34,35). The quantitative estimate of drug-likeness (QED) is 0.295. The Morgan fingerprint density at radius 3 is 2.39 bits per heavy atom. The van der Waals surface area contributed by atoms with Crippen molar-refractivity contribution >= 4 is 29.0 Å². The number of anilines is 2. The van der Waals surface area contributed by atoms with E-state index in [0.717, 1.165) is 42.1 Å². The fourth-order valence-electron chi connectivity index (χ4n) is 4.00. The average molecular weight is 487 g/mol. The Morgan fingerprint density at radius 1 is 1.00 bits per heavy atom. The summed E-state index contributed by atoms with van der Waals surface area (Å²) in [6.45, 7) is 7.58. The summed E-state index contributed by atoms with van der Waals surface area (Å²) in [6.07, 6.45) is 5.30. The number of nitrogens with zero attached hydrogens (tertiary/aromatic N) is 4. The topological polar surface area (TPSA) is 112 Å². The van der Waals surface area contributed by atoms with E-state index in [2.05, 4.69) is 39.3 Å². The highest BCUT2D eigenvalue weighted by atomic mass is 16.4. The second-order valence-electron chi connectivity index (χ2n) is 8.37. The number of aliphatic carboxylic acids is 1. The Kier molecular flexibility index (Phi) is 7.92. The van der Waals surface area contributed by atoms with Gasteiger partial charge in [0.05, 0.1) is 18.3 Å². The lowest BCUT2D eigenvalue weighted by Crippen LogP contribution is -2.34. The first-order valence-corrected chi connectivity index (χ1v) is 12.0. The highest BCUT2D eigenvalue weighted by molar-refractivity contribution is 5.94. The number of fused-ring (bicyclic) bond motifs is 1. The summed E-state index contributed by atoms with van der Waals surface area (Å²) in [5, 5.41) is 15.2. The molecule has 36 heavy (non-hydrogen) atoms. The Bertz CT molecular complexity index is 1330. The molecule has 0 saturated carbocycles. The van der Waals surface area contributed by atoms with Crippen LogP contribution in [0.5, 0.6) is 0 Å². The molecule has 4 aromatic rings. The van der Waals surface area contributed by atoms with Gasteiger partial charge in [-0.3, -0.25) is 14.0 Å². The van der Waals surface area contributed by atoms with E-state index in [4.69, 9.17) is 5.11 Å². The molecule has 0 spiro atoms. The number of carboxylic acids is 1. The molecule has 0 atom stereocenters. The third kappa shape index (κ3) is 5.87. The minimum atomic E-state index is -0.860. The molecule has 0 radical (unpaired) electrons. The summed E-state index contributed by atoms with van der Waals surface area (Å²) in [5.74, 6) is -0.371. The lowest BCUT2D eigenvalue weighted by molar-refractivity contribution is -0.136. The van der Waals surface area contributed by atoms with Crippen LogP contribution in [0, 0.1) is 0 Å². The summed E-state index contributed by atoms with van der Waals surface area (Å²) < 4.78 is 1.93. The highest BCUT2D eigenvalue weighted by Crippen LogP contribution is 2.26. The van der Waals surface area contributed by atoms with Crippen LogP contribution in [0.4, 0.5) is 11.5 Å². The van der Waals surface area contributed by atoms with Crippen molar-refractivity contribution in [2.75, 3.05) is 31.5 Å². The lowest BCUT2D eigenvalue weighted by Gasteiger charge is -2.18. The fraction of sp³-hybridized carbons (Fsp3) is 0.259. The maximum atomic E-state index is 12.5. The van der Waals surface area contributed by atoms with Crippen molar-refractivity contribution in [1.82, 2.24) is 24.6 Å². The number of likely N-dealkylation sites (N-methyl/N-ethyl adjacent to an activating group) is 1. The monoisotopic (exact) mass is 486 g/mol. The summed E-state index contributed by atoms with van der Waals surface area (Å²) >= 11 is 0. The molecule has 4 rings (SSSR count). The van der Waals surface area contributed by atoms with Gasteiger partial charge in [0.25, 0.3) is 5.91 Å². The number of imidazole rings is 1. The number of carbonyl (C=O) groups excluding carboxylic acids is 1. The number of hydrogen-bond acceptors (Lipinski definition) is 6. The molecule has 0 saturated heterocycles. The van der Waals surface area contributed by atoms with Crippen LogP contribution in [-0.4, -0.2) is 62.4 Å². The predicted octanol–water partition coefficient (Wildman–Crippen LogP) is 3.84. The van der Waals surface area contributed by atoms with Gasteiger partial charge in [0, 0.05) is 42.3 Å². The molecule has 3 N–H and O–H groups in total. The Morgan fingerprint density at radius 2 is 1.72 bits per heavy atom. The highest BCUT2D eigenvalue weighted by Gasteiger charge is 2.12. The van der Waals surface area contributed by atoms with Gasteiger partial charge in [-0.15, -0.1) is 0 Å². The maximum absolute atomic E-state index is 12.5. The molecular weight excluding hydrogens is 456 g/mol. The molecule has 9 nitrogen and oxygen atoms in total. The van der Waals surface area contributed by atoms with E-state index in [1.54, 1.807) is 36.7 Å². The van der Waals surface area contributed by atoms with E-state index in [0.29, 0.717) is 23.6 Å². The van der Waals surface area contributed by atoms with Crippen molar-refractivity contribution in [1.29, 1.82) is 0 Å². The van der Waals surface area contributed by atoms with Gasteiger partial charge in [-0.25, -0.2) is 9.97 Å². The fourth-order valence-corrected chi connectivity index (χ4v) is 4.00. The first kappa shape index (κ1) is 24.9. The largest absolute Gasteiger partial charge is 0.481 e. The number of aromatic nitrogens is 3. The van der Waals surface area contributed by atoms with Crippen molar-refractivity contribution < 1.29 is 14.7 Å². The number of amides is 1. The molecule has 9 heteroatoms. The summed E-state index contributed by atoms with van der Waals surface area (Å²) in [7, 11) is 0. The first-order chi connectivity index (χ1) is 17.5. The lowest BCUT2D eigenvalue weighted by atomic mass is 10.1. The smallest absolute Gasteiger partial charge is 0.307 e. The van der Waals surface area contributed by atoms with Gasteiger partial charge < -0.3 is 20.6 Å². The molecule has 186 valence electrons. The zero-order valence-electron chi connectivity index (χ0n) is 20.4. The van der Waals surface area contributed by atoms with Gasteiger partial charge in [-0.05, 0) is 42.9 Å². The Labute approximate surface area is 209 Å². The van der Waals surface area contributed by atoms with Gasteiger partial charge >= 0.3 is 5.97 Å². The van der Waals surface area contributed by atoms with Crippen LogP contribution in [0.25, 0.3) is 16.9 Å². The van der Waals surface area contributed by atoms with Gasteiger partial charge in [-0.1, -0.05) is 38.1 Å². The molecular formula is C27H30N6O3. The second kappa shape index (κ2) is 11.5. The zero-order chi connectivity index (χ0) is 25.5. The third-order valence-corrected chi connectivity index (χ3v) is 6.05.